The first-order valence-corrected chi connectivity index (χ1v) is 7.44. The Labute approximate surface area is 139 Å². The van der Waals surface area contributed by atoms with Crippen LogP contribution in [0.2, 0.25) is 0 Å². The molecule has 6 heteroatoms. The van der Waals surface area contributed by atoms with Crippen molar-refractivity contribution in [1.82, 2.24) is 0 Å². The molecule has 2 aromatic rings. The Morgan fingerprint density at radius 2 is 1.75 bits per heavy atom. The number of ether oxygens (including phenoxy) is 3. The normalized spacial score (nSPS) is 11.8. The van der Waals surface area contributed by atoms with Gasteiger partial charge in [0.15, 0.2) is 6.10 Å². The lowest BCUT2D eigenvalue weighted by molar-refractivity contribution is -0.148. The molecule has 24 heavy (non-hydrogen) atoms. The van der Waals surface area contributed by atoms with Gasteiger partial charge in [-0.15, -0.1) is 0 Å². The van der Waals surface area contributed by atoms with E-state index >= 15 is 0 Å². The predicted octanol–water partition coefficient (Wildman–Crippen LogP) is 2.93. The molecule has 2 rings (SSSR count). The fourth-order valence-electron chi connectivity index (χ4n) is 2.08. The number of rotatable bonds is 9. The number of carboxylic acids is 1. The van der Waals surface area contributed by atoms with Gasteiger partial charge in [0.1, 0.15) is 30.5 Å². The highest BCUT2D eigenvalue weighted by Crippen LogP contribution is 2.15. The quantitative estimate of drug-likeness (QED) is 0.714. The smallest absolute Gasteiger partial charge is 0.333 e. The molecule has 0 heterocycles. The van der Waals surface area contributed by atoms with Crippen LogP contribution in [-0.2, 0) is 16.0 Å². The molecule has 0 saturated heterocycles. The first-order chi connectivity index (χ1) is 11.6. The summed E-state index contributed by atoms with van der Waals surface area (Å²) in [6, 6.07) is 13.0. The molecule has 0 spiro atoms. The first kappa shape index (κ1) is 17.7. The van der Waals surface area contributed by atoms with E-state index in [-0.39, 0.29) is 18.8 Å². The second-order valence-electron chi connectivity index (χ2n) is 5.06. The van der Waals surface area contributed by atoms with Crippen LogP contribution in [0.4, 0.5) is 4.39 Å². The van der Waals surface area contributed by atoms with Crippen LogP contribution in [0.25, 0.3) is 0 Å². The molecule has 0 fully saturated rings. The fourth-order valence-corrected chi connectivity index (χ4v) is 2.08. The lowest BCUT2D eigenvalue weighted by Gasteiger charge is -2.11. The van der Waals surface area contributed by atoms with E-state index in [2.05, 4.69) is 0 Å². The summed E-state index contributed by atoms with van der Waals surface area (Å²) in [5.41, 5.74) is 0.840. The minimum atomic E-state index is -0.993. The molecule has 0 amide bonds. The summed E-state index contributed by atoms with van der Waals surface area (Å²) in [7, 11) is 1.37. The molecule has 0 aliphatic heterocycles. The third kappa shape index (κ3) is 5.55. The molecule has 0 bridgehead atoms. The van der Waals surface area contributed by atoms with Gasteiger partial charge in [-0.1, -0.05) is 18.2 Å². The number of hydrogen-bond acceptors (Lipinski definition) is 4. The van der Waals surface area contributed by atoms with Crippen LogP contribution >= 0.6 is 0 Å². The molecule has 1 atom stereocenters. The summed E-state index contributed by atoms with van der Waals surface area (Å²) in [5, 5.41) is 8.96. The lowest BCUT2D eigenvalue weighted by Crippen LogP contribution is -2.24. The zero-order valence-electron chi connectivity index (χ0n) is 13.3. The van der Waals surface area contributed by atoms with Crippen molar-refractivity contribution < 1.29 is 28.5 Å². The van der Waals surface area contributed by atoms with E-state index in [4.69, 9.17) is 19.3 Å². The maximum absolute atomic E-state index is 13.0. The third-order valence-corrected chi connectivity index (χ3v) is 3.32. The van der Waals surface area contributed by atoms with Gasteiger partial charge in [-0.05, 0) is 29.8 Å². The highest BCUT2D eigenvalue weighted by atomic mass is 19.1. The standard InChI is InChI=1S/C18H19FO5/c1-22-17(18(20)21)11-13-5-7-15(8-6-13)23-9-10-24-16-4-2-3-14(19)12-16/h2-8,12,17H,9-11H2,1H3,(H,20,21)/t17-/m0/s1. The summed E-state index contributed by atoms with van der Waals surface area (Å²) in [5.74, 6) is -0.244. The zero-order chi connectivity index (χ0) is 17.4. The fraction of sp³-hybridized carbons (Fsp3) is 0.278. The van der Waals surface area contributed by atoms with Crippen LogP contribution in [0.1, 0.15) is 5.56 Å². The Bertz CT molecular complexity index is 657. The van der Waals surface area contributed by atoms with Crippen LogP contribution in [0.3, 0.4) is 0 Å². The van der Waals surface area contributed by atoms with E-state index in [0.717, 1.165) is 5.56 Å². The van der Waals surface area contributed by atoms with E-state index in [1.165, 1.54) is 19.2 Å². The highest BCUT2D eigenvalue weighted by molar-refractivity contribution is 5.72. The van der Waals surface area contributed by atoms with Crippen molar-refractivity contribution in [3.8, 4) is 11.5 Å². The number of halogens is 1. The Morgan fingerprint density at radius 3 is 2.33 bits per heavy atom. The van der Waals surface area contributed by atoms with Gasteiger partial charge in [0.25, 0.3) is 0 Å². The number of carbonyl (C=O) groups is 1. The van der Waals surface area contributed by atoms with Crippen LogP contribution in [-0.4, -0.2) is 37.5 Å². The summed E-state index contributed by atoms with van der Waals surface area (Å²) in [4.78, 5) is 10.9. The number of methoxy groups -OCH3 is 1. The largest absolute Gasteiger partial charge is 0.490 e. The first-order valence-electron chi connectivity index (χ1n) is 7.44. The zero-order valence-corrected chi connectivity index (χ0v) is 13.3. The molecule has 1 N–H and O–H groups in total. The lowest BCUT2D eigenvalue weighted by atomic mass is 10.1. The Hall–Kier alpha value is -2.60. The van der Waals surface area contributed by atoms with Crippen LogP contribution in [0.5, 0.6) is 11.5 Å². The highest BCUT2D eigenvalue weighted by Gasteiger charge is 2.16. The van der Waals surface area contributed by atoms with Crippen LogP contribution < -0.4 is 9.47 Å². The van der Waals surface area contributed by atoms with Gasteiger partial charge in [-0.25, -0.2) is 9.18 Å². The Balaban J connectivity index is 1.76. The average molecular weight is 334 g/mol. The Morgan fingerprint density at radius 1 is 1.08 bits per heavy atom. The minimum absolute atomic E-state index is 0.287. The van der Waals surface area contributed by atoms with Crippen molar-refractivity contribution in [3.63, 3.8) is 0 Å². The summed E-state index contributed by atoms with van der Waals surface area (Å²) in [6.07, 6.45) is -0.578. The molecule has 0 unspecified atom stereocenters. The molecular formula is C18H19FO5. The van der Waals surface area contributed by atoms with Crippen molar-refractivity contribution in [2.45, 2.75) is 12.5 Å². The van der Waals surface area contributed by atoms with Crippen LogP contribution in [0, 0.1) is 5.82 Å². The van der Waals surface area contributed by atoms with Gasteiger partial charge in [0.05, 0.1) is 0 Å². The van der Waals surface area contributed by atoms with E-state index in [9.17, 15) is 9.18 Å². The molecule has 0 aliphatic rings. The summed E-state index contributed by atoms with van der Waals surface area (Å²) >= 11 is 0. The van der Waals surface area contributed by atoms with Gasteiger partial charge in [0, 0.05) is 19.6 Å². The molecule has 0 radical (unpaired) electrons. The number of hydrogen-bond donors (Lipinski definition) is 1. The van der Waals surface area contributed by atoms with Gasteiger partial charge < -0.3 is 19.3 Å². The third-order valence-electron chi connectivity index (χ3n) is 3.32. The number of aliphatic carboxylic acids is 1. The average Bonchev–Trinajstić information content (AvgIpc) is 2.57. The van der Waals surface area contributed by atoms with Crippen molar-refractivity contribution >= 4 is 5.97 Å². The summed E-state index contributed by atoms with van der Waals surface area (Å²) < 4.78 is 28.8. The van der Waals surface area contributed by atoms with Crippen molar-refractivity contribution in [2.75, 3.05) is 20.3 Å². The molecule has 0 saturated carbocycles. The van der Waals surface area contributed by atoms with Crippen molar-refractivity contribution in [2.24, 2.45) is 0 Å². The van der Waals surface area contributed by atoms with Crippen LogP contribution in [0.15, 0.2) is 48.5 Å². The maximum atomic E-state index is 13.0. The second kappa shape index (κ2) is 8.88. The van der Waals surface area contributed by atoms with Gasteiger partial charge in [-0.2, -0.15) is 0 Å². The maximum Gasteiger partial charge on any atom is 0.333 e. The van der Waals surface area contributed by atoms with E-state index < -0.39 is 12.1 Å². The molecule has 0 aliphatic carbocycles. The van der Waals surface area contributed by atoms with Crippen molar-refractivity contribution in [3.05, 3.63) is 59.9 Å². The molecule has 5 nitrogen and oxygen atoms in total. The van der Waals surface area contributed by atoms with E-state index in [1.807, 2.05) is 0 Å². The van der Waals surface area contributed by atoms with Gasteiger partial charge in [-0.3, -0.25) is 0 Å². The van der Waals surface area contributed by atoms with E-state index in [0.29, 0.717) is 18.1 Å². The van der Waals surface area contributed by atoms with Gasteiger partial charge >= 0.3 is 5.97 Å². The summed E-state index contributed by atoms with van der Waals surface area (Å²) in [6.45, 7) is 0.599. The number of benzene rings is 2. The SMILES string of the molecule is CO[C@@H](Cc1ccc(OCCOc2cccc(F)c2)cc1)C(=O)O. The monoisotopic (exact) mass is 334 g/mol. The molecule has 0 aromatic heterocycles. The number of carboxylic acid groups (broad SMARTS) is 1. The van der Waals surface area contributed by atoms with E-state index in [1.54, 1.807) is 36.4 Å². The minimum Gasteiger partial charge on any atom is -0.490 e. The topological polar surface area (TPSA) is 65.0 Å². The van der Waals surface area contributed by atoms with Gasteiger partial charge in [0.2, 0.25) is 0 Å². The predicted molar refractivity (Wildman–Crippen MR) is 86.0 cm³/mol. The second-order valence-corrected chi connectivity index (χ2v) is 5.06. The Kier molecular flexibility index (Phi) is 6.57. The molecular weight excluding hydrogens is 315 g/mol. The molecule has 2 aromatic carbocycles. The van der Waals surface area contributed by atoms with Crippen molar-refractivity contribution in [1.29, 1.82) is 0 Å². The molecule has 128 valence electrons.